The van der Waals surface area contributed by atoms with Crippen LogP contribution in [0.15, 0.2) is 24.3 Å². The number of ether oxygens (including phenoxy) is 1. The minimum absolute atomic E-state index is 0.0569. The SMILES string of the molecule is CCCCCC1(OC(C)(C)Cc2ccccc2O)CCCCC1. The molecule has 1 aromatic carbocycles. The van der Waals surface area contributed by atoms with Crippen LogP contribution < -0.4 is 0 Å². The van der Waals surface area contributed by atoms with Crippen molar-refractivity contribution in [3.8, 4) is 5.75 Å². The predicted molar refractivity (Wildman–Crippen MR) is 96.9 cm³/mol. The Bertz CT molecular complexity index is 472. The highest BCUT2D eigenvalue weighted by Gasteiger charge is 2.38. The molecular weight excluding hydrogens is 284 g/mol. The lowest BCUT2D eigenvalue weighted by Gasteiger charge is -2.44. The van der Waals surface area contributed by atoms with Gasteiger partial charge >= 0.3 is 0 Å². The molecule has 2 rings (SSSR count). The van der Waals surface area contributed by atoms with Gasteiger partial charge in [-0.05, 0) is 44.7 Å². The number of hydrogen-bond acceptors (Lipinski definition) is 2. The third kappa shape index (κ3) is 5.53. The van der Waals surface area contributed by atoms with Gasteiger partial charge in [-0.25, -0.2) is 0 Å². The fourth-order valence-electron chi connectivity index (χ4n) is 4.04. The van der Waals surface area contributed by atoms with Crippen molar-refractivity contribution in [2.24, 2.45) is 0 Å². The van der Waals surface area contributed by atoms with Crippen LogP contribution in [0.4, 0.5) is 0 Å². The third-order valence-electron chi connectivity index (χ3n) is 5.10. The summed E-state index contributed by atoms with van der Waals surface area (Å²) in [6, 6.07) is 7.64. The molecule has 0 bridgehead atoms. The van der Waals surface area contributed by atoms with Gasteiger partial charge in [0.25, 0.3) is 0 Å². The molecule has 1 N–H and O–H groups in total. The van der Waals surface area contributed by atoms with Crippen LogP contribution in [-0.4, -0.2) is 16.3 Å². The lowest BCUT2D eigenvalue weighted by Crippen LogP contribution is -2.44. The Balaban J connectivity index is 2.05. The van der Waals surface area contributed by atoms with Gasteiger partial charge in [-0.3, -0.25) is 0 Å². The molecule has 1 fully saturated rings. The van der Waals surface area contributed by atoms with Gasteiger partial charge in [-0.15, -0.1) is 0 Å². The molecule has 130 valence electrons. The molecule has 1 aliphatic rings. The van der Waals surface area contributed by atoms with Gasteiger partial charge in [0.15, 0.2) is 0 Å². The van der Waals surface area contributed by atoms with E-state index in [0.29, 0.717) is 5.75 Å². The maximum Gasteiger partial charge on any atom is 0.118 e. The van der Waals surface area contributed by atoms with Crippen LogP contribution in [0.3, 0.4) is 0 Å². The van der Waals surface area contributed by atoms with E-state index in [1.807, 2.05) is 18.2 Å². The molecule has 0 aliphatic heterocycles. The average molecular weight is 319 g/mol. The van der Waals surface area contributed by atoms with Gasteiger partial charge in [-0.1, -0.05) is 63.6 Å². The quantitative estimate of drug-likeness (QED) is 0.594. The Morgan fingerprint density at radius 1 is 1.09 bits per heavy atom. The van der Waals surface area contributed by atoms with E-state index in [9.17, 15) is 5.11 Å². The van der Waals surface area contributed by atoms with E-state index < -0.39 is 0 Å². The van der Waals surface area contributed by atoms with E-state index in [1.165, 1.54) is 57.8 Å². The van der Waals surface area contributed by atoms with Gasteiger partial charge < -0.3 is 9.84 Å². The Hall–Kier alpha value is -1.02. The number of rotatable bonds is 8. The molecule has 1 aliphatic carbocycles. The van der Waals surface area contributed by atoms with E-state index in [2.05, 4.69) is 20.8 Å². The number of phenols is 1. The van der Waals surface area contributed by atoms with Gasteiger partial charge in [0, 0.05) is 6.42 Å². The standard InChI is InChI=1S/C21H34O2/c1-4-5-9-14-21(15-10-6-11-16-21)23-20(2,3)17-18-12-7-8-13-19(18)22/h7-8,12-13,22H,4-6,9-11,14-17H2,1-3H3. The molecule has 2 heteroatoms. The molecule has 0 heterocycles. The summed E-state index contributed by atoms with van der Waals surface area (Å²) in [5.74, 6) is 0.382. The summed E-state index contributed by atoms with van der Waals surface area (Å²) in [6.45, 7) is 6.61. The van der Waals surface area contributed by atoms with Crippen molar-refractivity contribution in [2.45, 2.75) is 96.2 Å². The maximum absolute atomic E-state index is 10.1. The lowest BCUT2D eigenvalue weighted by atomic mass is 9.80. The zero-order valence-electron chi connectivity index (χ0n) is 15.2. The lowest BCUT2D eigenvalue weighted by molar-refractivity contribution is -0.160. The van der Waals surface area contributed by atoms with Crippen molar-refractivity contribution in [3.05, 3.63) is 29.8 Å². The first-order valence-corrected chi connectivity index (χ1v) is 9.43. The zero-order chi connectivity index (χ0) is 16.8. The minimum atomic E-state index is -0.248. The second-order valence-electron chi connectivity index (χ2n) is 7.87. The Morgan fingerprint density at radius 3 is 2.43 bits per heavy atom. The predicted octanol–water partition coefficient (Wildman–Crippen LogP) is 6.01. The average Bonchev–Trinajstić information content (AvgIpc) is 2.50. The molecule has 1 saturated carbocycles. The molecular formula is C21H34O2. The van der Waals surface area contributed by atoms with Crippen molar-refractivity contribution < 1.29 is 9.84 Å². The van der Waals surface area contributed by atoms with Crippen LogP contribution >= 0.6 is 0 Å². The van der Waals surface area contributed by atoms with E-state index >= 15 is 0 Å². The van der Waals surface area contributed by atoms with Gasteiger partial charge in [-0.2, -0.15) is 0 Å². The van der Waals surface area contributed by atoms with Crippen molar-refractivity contribution >= 4 is 0 Å². The molecule has 0 aromatic heterocycles. The summed E-state index contributed by atoms with van der Waals surface area (Å²) < 4.78 is 6.76. The second kappa shape index (κ2) is 8.19. The highest BCUT2D eigenvalue weighted by atomic mass is 16.5. The number of benzene rings is 1. The molecule has 0 radical (unpaired) electrons. The number of phenolic OH excluding ortho intramolecular Hbond substituents is 1. The zero-order valence-corrected chi connectivity index (χ0v) is 15.2. The first kappa shape index (κ1) is 18.3. The van der Waals surface area contributed by atoms with Crippen LogP contribution in [0.25, 0.3) is 0 Å². The summed E-state index contributed by atoms with van der Waals surface area (Å²) in [5.41, 5.74) is 0.793. The fraction of sp³-hybridized carbons (Fsp3) is 0.714. The summed E-state index contributed by atoms with van der Waals surface area (Å²) in [5, 5.41) is 10.1. The summed E-state index contributed by atoms with van der Waals surface area (Å²) in [6.07, 6.45) is 12.1. The number of aromatic hydroxyl groups is 1. The summed E-state index contributed by atoms with van der Waals surface area (Å²) >= 11 is 0. The molecule has 23 heavy (non-hydrogen) atoms. The maximum atomic E-state index is 10.1. The van der Waals surface area contributed by atoms with Gasteiger partial charge in [0.2, 0.25) is 0 Å². The Morgan fingerprint density at radius 2 is 1.78 bits per heavy atom. The largest absolute Gasteiger partial charge is 0.508 e. The molecule has 0 saturated heterocycles. The molecule has 0 unspecified atom stereocenters. The second-order valence-corrected chi connectivity index (χ2v) is 7.87. The topological polar surface area (TPSA) is 29.5 Å². The number of para-hydroxylation sites is 1. The van der Waals surface area contributed by atoms with Crippen molar-refractivity contribution in [1.82, 2.24) is 0 Å². The van der Waals surface area contributed by atoms with Crippen LogP contribution in [0.5, 0.6) is 5.75 Å². The third-order valence-corrected chi connectivity index (χ3v) is 5.10. The van der Waals surface area contributed by atoms with Crippen LogP contribution in [0, 0.1) is 0 Å². The van der Waals surface area contributed by atoms with Crippen molar-refractivity contribution in [2.75, 3.05) is 0 Å². The van der Waals surface area contributed by atoms with Gasteiger partial charge in [0.05, 0.1) is 11.2 Å². The van der Waals surface area contributed by atoms with Crippen LogP contribution in [0.1, 0.15) is 84.1 Å². The smallest absolute Gasteiger partial charge is 0.118 e. The summed E-state index contributed by atoms with van der Waals surface area (Å²) in [4.78, 5) is 0. The first-order chi connectivity index (χ1) is 11.0. The van der Waals surface area contributed by atoms with Crippen molar-refractivity contribution in [3.63, 3.8) is 0 Å². The van der Waals surface area contributed by atoms with Crippen molar-refractivity contribution in [1.29, 1.82) is 0 Å². The molecule has 0 spiro atoms. The van der Waals surface area contributed by atoms with E-state index in [1.54, 1.807) is 6.07 Å². The minimum Gasteiger partial charge on any atom is -0.508 e. The van der Waals surface area contributed by atoms with Gasteiger partial charge in [0.1, 0.15) is 5.75 Å². The molecule has 0 atom stereocenters. The molecule has 0 amide bonds. The van der Waals surface area contributed by atoms with E-state index in [0.717, 1.165) is 12.0 Å². The van der Waals surface area contributed by atoms with E-state index in [4.69, 9.17) is 4.74 Å². The number of unbranched alkanes of at least 4 members (excludes halogenated alkanes) is 2. The van der Waals surface area contributed by atoms with Crippen LogP contribution in [0.2, 0.25) is 0 Å². The highest BCUT2D eigenvalue weighted by Crippen LogP contribution is 2.40. The molecule has 1 aromatic rings. The highest BCUT2D eigenvalue weighted by molar-refractivity contribution is 5.32. The Kier molecular flexibility index (Phi) is 6.52. The first-order valence-electron chi connectivity index (χ1n) is 9.43. The van der Waals surface area contributed by atoms with E-state index in [-0.39, 0.29) is 11.2 Å². The normalized spacial score (nSPS) is 18.0. The molecule has 2 nitrogen and oxygen atoms in total. The summed E-state index contributed by atoms with van der Waals surface area (Å²) in [7, 11) is 0. The Labute approximate surface area is 142 Å². The fourth-order valence-corrected chi connectivity index (χ4v) is 4.04. The number of hydrogen-bond donors (Lipinski definition) is 1. The monoisotopic (exact) mass is 318 g/mol. The van der Waals surface area contributed by atoms with Crippen LogP contribution in [-0.2, 0) is 11.2 Å².